The number of unbranched alkanes of at least 4 members (excludes halogenated alkanes) is 4. The fourth-order valence-electron chi connectivity index (χ4n) is 3.48. The van der Waals surface area contributed by atoms with Crippen LogP contribution in [0.25, 0.3) is 6.08 Å². The molecule has 0 saturated carbocycles. The van der Waals surface area contributed by atoms with E-state index in [0.29, 0.717) is 0 Å². The Morgan fingerprint density at radius 2 is 1.68 bits per heavy atom. The van der Waals surface area contributed by atoms with E-state index < -0.39 is 0 Å². The van der Waals surface area contributed by atoms with Crippen molar-refractivity contribution < 1.29 is 0 Å². The van der Waals surface area contributed by atoms with Crippen LogP contribution in [-0.4, -0.2) is 0 Å². The molecule has 0 atom stereocenters. The zero-order valence-electron chi connectivity index (χ0n) is 12.2. The van der Waals surface area contributed by atoms with Crippen LogP contribution in [0.15, 0.2) is 18.2 Å². The molecule has 19 heavy (non-hydrogen) atoms. The Labute approximate surface area is 117 Å². The number of fused-ring (bicyclic) bond motifs is 2. The minimum Gasteiger partial charge on any atom is -0.0721 e. The monoisotopic (exact) mass is 253 g/mol. The number of hydrogen-bond acceptors (Lipinski definition) is 0. The summed E-state index contributed by atoms with van der Waals surface area (Å²) in [6.45, 7) is 2.28. The second-order valence-electron chi connectivity index (χ2n) is 6.08. The van der Waals surface area contributed by atoms with Gasteiger partial charge in [0.05, 0.1) is 0 Å². The Morgan fingerprint density at radius 3 is 2.53 bits per heavy atom. The molecule has 0 aromatic heterocycles. The lowest BCUT2D eigenvalue weighted by Gasteiger charge is -2.12. The van der Waals surface area contributed by atoms with E-state index in [4.69, 9.17) is 0 Å². The molecule has 0 N–H and O–H groups in total. The molecule has 101 valence electrons. The first-order valence-electron chi connectivity index (χ1n) is 8.08. The van der Waals surface area contributed by atoms with Gasteiger partial charge in [-0.05, 0) is 47.9 Å². The standard InChI is InChI=1S/C19H25/c1-2-3-4-5-6-8-15-11-12-18-13-16-9-7-10-17(16)14-19(15)18/h11-14H,2-10H2,1H3. The van der Waals surface area contributed by atoms with E-state index in [2.05, 4.69) is 31.2 Å². The molecule has 0 fully saturated rings. The lowest BCUT2D eigenvalue weighted by Crippen LogP contribution is -1.97. The van der Waals surface area contributed by atoms with E-state index in [9.17, 15) is 0 Å². The SMILES string of the molecule is CCCCCCC[C]1C=Cc2cc3c(cc21)CCC3. The summed E-state index contributed by atoms with van der Waals surface area (Å²) in [4.78, 5) is 0. The highest BCUT2D eigenvalue weighted by molar-refractivity contribution is 5.70. The molecule has 2 aliphatic rings. The van der Waals surface area contributed by atoms with Crippen molar-refractivity contribution in [3.05, 3.63) is 46.4 Å². The first kappa shape index (κ1) is 13.0. The highest BCUT2D eigenvalue weighted by Gasteiger charge is 2.21. The fraction of sp³-hybridized carbons (Fsp3) is 0.526. The van der Waals surface area contributed by atoms with Gasteiger partial charge in [0.1, 0.15) is 0 Å². The van der Waals surface area contributed by atoms with Crippen LogP contribution in [0, 0.1) is 5.92 Å². The molecule has 0 heterocycles. The van der Waals surface area contributed by atoms with Gasteiger partial charge in [-0.1, -0.05) is 63.3 Å². The molecular formula is C19H25. The summed E-state index contributed by atoms with van der Waals surface area (Å²) in [5.41, 5.74) is 6.24. The minimum atomic E-state index is 1.27. The van der Waals surface area contributed by atoms with Crippen LogP contribution in [0.5, 0.6) is 0 Å². The third kappa shape index (κ3) is 2.78. The first-order valence-corrected chi connectivity index (χ1v) is 8.08. The molecule has 0 bridgehead atoms. The molecule has 1 radical (unpaired) electrons. The summed E-state index contributed by atoms with van der Waals surface area (Å²) in [7, 11) is 0. The Morgan fingerprint density at radius 1 is 0.895 bits per heavy atom. The van der Waals surface area contributed by atoms with Gasteiger partial charge in [-0.2, -0.15) is 0 Å². The normalized spacial score (nSPS) is 16.9. The molecule has 1 aromatic carbocycles. The van der Waals surface area contributed by atoms with Gasteiger partial charge in [0, 0.05) is 5.92 Å². The predicted molar refractivity (Wildman–Crippen MR) is 83.2 cm³/mol. The third-order valence-electron chi connectivity index (χ3n) is 4.62. The van der Waals surface area contributed by atoms with Gasteiger partial charge in [-0.25, -0.2) is 0 Å². The Hall–Kier alpha value is -1.04. The molecule has 0 saturated heterocycles. The van der Waals surface area contributed by atoms with Crippen molar-refractivity contribution in [2.75, 3.05) is 0 Å². The number of aryl methyl sites for hydroxylation is 2. The number of benzene rings is 1. The van der Waals surface area contributed by atoms with Crippen LogP contribution < -0.4 is 0 Å². The Balaban J connectivity index is 1.61. The molecule has 0 unspecified atom stereocenters. The van der Waals surface area contributed by atoms with Gasteiger partial charge < -0.3 is 0 Å². The minimum absolute atomic E-state index is 1.27. The molecule has 2 aliphatic carbocycles. The van der Waals surface area contributed by atoms with Crippen molar-refractivity contribution in [2.45, 2.75) is 64.7 Å². The Bertz CT molecular complexity index is 467. The zero-order chi connectivity index (χ0) is 13.1. The maximum atomic E-state index is 2.49. The number of allylic oxidation sites excluding steroid dienone is 1. The Kier molecular flexibility index (Phi) is 4.06. The summed E-state index contributed by atoms with van der Waals surface area (Å²) < 4.78 is 0. The highest BCUT2D eigenvalue weighted by Crippen LogP contribution is 2.37. The topological polar surface area (TPSA) is 0 Å². The molecule has 3 rings (SSSR count). The van der Waals surface area contributed by atoms with Gasteiger partial charge in [0.15, 0.2) is 0 Å². The molecule has 0 aliphatic heterocycles. The van der Waals surface area contributed by atoms with Crippen LogP contribution in [0.2, 0.25) is 0 Å². The quantitative estimate of drug-likeness (QED) is 0.588. The lowest BCUT2D eigenvalue weighted by molar-refractivity contribution is 0.624. The summed E-state index contributed by atoms with van der Waals surface area (Å²) in [6.07, 6.45) is 16.8. The van der Waals surface area contributed by atoms with Crippen molar-refractivity contribution in [2.24, 2.45) is 0 Å². The second kappa shape index (κ2) is 5.94. The van der Waals surface area contributed by atoms with Crippen LogP contribution in [0.3, 0.4) is 0 Å². The van der Waals surface area contributed by atoms with Gasteiger partial charge in [-0.3, -0.25) is 0 Å². The molecule has 0 heteroatoms. The van der Waals surface area contributed by atoms with Gasteiger partial charge >= 0.3 is 0 Å². The van der Waals surface area contributed by atoms with Crippen LogP contribution in [0.4, 0.5) is 0 Å². The van der Waals surface area contributed by atoms with Crippen molar-refractivity contribution in [3.8, 4) is 0 Å². The highest BCUT2D eigenvalue weighted by atomic mass is 14.3. The first-order chi connectivity index (χ1) is 9.38. The third-order valence-corrected chi connectivity index (χ3v) is 4.62. The average Bonchev–Trinajstić information content (AvgIpc) is 3.02. The van der Waals surface area contributed by atoms with Crippen molar-refractivity contribution in [1.82, 2.24) is 0 Å². The van der Waals surface area contributed by atoms with Gasteiger partial charge in [-0.15, -0.1) is 0 Å². The maximum absolute atomic E-state index is 2.49. The van der Waals surface area contributed by atoms with Gasteiger partial charge in [0.25, 0.3) is 0 Å². The van der Waals surface area contributed by atoms with Crippen LogP contribution in [0.1, 0.15) is 74.1 Å². The van der Waals surface area contributed by atoms with E-state index in [0.717, 1.165) is 0 Å². The summed E-state index contributed by atoms with van der Waals surface area (Å²) >= 11 is 0. The van der Waals surface area contributed by atoms with E-state index in [1.807, 2.05) is 0 Å². The molecule has 0 nitrogen and oxygen atoms in total. The lowest BCUT2D eigenvalue weighted by atomic mass is 9.92. The number of rotatable bonds is 6. The van der Waals surface area contributed by atoms with E-state index in [1.54, 1.807) is 17.0 Å². The predicted octanol–water partition coefficient (Wildman–Crippen LogP) is 5.49. The molecule has 0 amide bonds. The smallest absolute Gasteiger partial charge is 0.0273 e. The second-order valence-corrected chi connectivity index (χ2v) is 6.08. The van der Waals surface area contributed by atoms with Crippen molar-refractivity contribution >= 4 is 6.08 Å². The van der Waals surface area contributed by atoms with Crippen LogP contribution >= 0.6 is 0 Å². The van der Waals surface area contributed by atoms with E-state index in [1.165, 1.54) is 68.9 Å². The summed E-state index contributed by atoms with van der Waals surface area (Å²) in [5, 5.41) is 0. The van der Waals surface area contributed by atoms with E-state index in [-0.39, 0.29) is 0 Å². The molecule has 0 spiro atoms. The molecular weight excluding hydrogens is 228 g/mol. The summed E-state index contributed by atoms with van der Waals surface area (Å²) in [6, 6.07) is 4.93. The molecule has 1 aromatic rings. The maximum Gasteiger partial charge on any atom is 0.0273 e. The van der Waals surface area contributed by atoms with Crippen molar-refractivity contribution in [3.63, 3.8) is 0 Å². The average molecular weight is 253 g/mol. The number of hydrogen-bond donors (Lipinski definition) is 0. The summed E-state index contributed by atoms with van der Waals surface area (Å²) in [5.74, 6) is 1.58. The zero-order valence-corrected chi connectivity index (χ0v) is 12.2. The fourth-order valence-corrected chi connectivity index (χ4v) is 3.48. The van der Waals surface area contributed by atoms with Gasteiger partial charge in [0.2, 0.25) is 0 Å². The van der Waals surface area contributed by atoms with Crippen molar-refractivity contribution in [1.29, 1.82) is 0 Å². The van der Waals surface area contributed by atoms with Crippen LogP contribution in [-0.2, 0) is 12.8 Å². The largest absolute Gasteiger partial charge is 0.0721 e. The van der Waals surface area contributed by atoms with E-state index >= 15 is 0 Å².